The molecule has 2 aliphatic rings. The fourth-order valence-corrected chi connectivity index (χ4v) is 4.95. The molecule has 2 heterocycles. The first-order valence-corrected chi connectivity index (χ1v) is 8.96. The molecule has 2 unspecified atom stereocenters. The van der Waals surface area contributed by atoms with Crippen molar-refractivity contribution in [2.45, 2.75) is 31.7 Å². The third kappa shape index (κ3) is 3.51. The fraction of sp³-hybridized carbons (Fsp3) is 1.00. The third-order valence-corrected chi connectivity index (χ3v) is 6.53. The van der Waals surface area contributed by atoms with E-state index in [1.807, 2.05) is 14.1 Å². The zero-order valence-electron chi connectivity index (χ0n) is 12.7. The second-order valence-corrected chi connectivity index (χ2v) is 8.16. The van der Waals surface area contributed by atoms with Gasteiger partial charge in [-0.2, -0.15) is 17.0 Å². The molecule has 2 N–H and O–H groups in total. The van der Waals surface area contributed by atoms with Crippen molar-refractivity contribution in [3.63, 3.8) is 0 Å². The quantitative estimate of drug-likeness (QED) is 0.789. The Morgan fingerprint density at radius 2 is 1.70 bits per heavy atom. The highest BCUT2D eigenvalue weighted by atomic mass is 32.2. The topological polar surface area (TPSA) is 69.9 Å². The van der Waals surface area contributed by atoms with Crippen LogP contribution in [0, 0.1) is 5.92 Å². The van der Waals surface area contributed by atoms with Crippen LogP contribution in [0.2, 0.25) is 0 Å². The van der Waals surface area contributed by atoms with Crippen molar-refractivity contribution in [3.05, 3.63) is 0 Å². The summed E-state index contributed by atoms with van der Waals surface area (Å²) < 4.78 is 28.8. The lowest BCUT2D eigenvalue weighted by Gasteiger charge is -2.39. The maximum Gasteiger partial charge on any atom is 0.282 e. The van der Waals surface area contributed by atoms with Gasteiger partial charge >= 0.3 is 0 Å². The van der Waals surface area contributed by atoms with E-state index >= 15 is 0 Å². The van der Waals surface area contributed by atoms with E-state index in [0.29, 0.717) is 44.7 Å². The average Bonchev–Trinajstić information content (AvgIpc) is 2.47. The van der Waals surface area contributed by atoms with Gasteiger partial charge in [0.15, 0.2) is 0 Å². The largest absolute Gasteiger partial charge is 0.330 e. The average molecular weight is 304 g/mol. The first-order chi connectivity index (χ1) is 9.45. The lowest BCUT2D eigenvalue weighted by Crippen LogP contribution is -2.54. The number of hydrogen-bond acceptors (Lipinski definition) is 4. The summed E-state index contributed by atoms with van der Waals surface area (Å²) >= 11 is 0. The van der Waals surface area contributed by atoms with Crippen LogP contribution in [0.25, 0.3) is 0 Å². The lowest BCUT2D eigenvalue weighted by atomic mass is 10.0. The molecule has 0 aromatic rings. The number of nitrogens with two attached hydrogens (primary N) is 1. The minimum atomic E-state index is -3.31. The van der Waals surface area contributed by atoms with E-state index in [2.05, 4.69) is 4.90 Å². The van der Waals surface area contributed by atoms with Gasteiger partial charge in [0.2, 0.25) is 0 Å². The van der Waals surface area contributed by atoms with E-state index in [0.717, 1.165) is 25.7 Å². The molecule has 2 rings (SSSR count). The molecule has 0 aliphatic carbocycles. The van der Waals surface area contributed by atoms with Gasteiger partial charge in [0, 0.05) is 32.2 Å². The summed E-state index contributed by atoms with van der Waals surface area (Å²) in [5, 5.41) is 0. The molecule has 6 nitrogen and oxygen atoms in total. The Morgan fingerprint density at radius 3 is 2.30 bits per heavy atom. The van der Waals surface area contributed by atoms with Gasteiger partial charge in [0.25, 0.3) is 10.2 Å². The standard InChI is InChI=1S/C13H28N4O2S/c1-15(2)13-6-4-8-17(11-13)20(18,19)16-7-3-5-12(9-14)10-16/h12-13H,3-11,14H2,1-2H3. The molecule has 0 amide bonds. The molecule has 0 spiro atoms. The number of rotatable bonds is 4. The van der Waals surface area contributed by atoms with Gasteiger partial charge in [-0.25, -0.2) is 0 Å². The van der Waals surface area contributed by atoms with E-state index in [9.17, 15) is 8.42 Å². The molecule has 0 bridgehead atoms. The Morgan fingerprint density at radius 1 is 1.10 bits per heavy atom. The monoisotopic (exact) mass is 304 g/mol. The smallest absolute Gasteiger partial charge is 0.282 e. The highest BCUT2D eigenvalue weighted by Crippen LogP contribution is 2.23. The van der Waals surface area contributed by atoms with Crippen molar-refractivity contribution in [2.24, 2.45) is 11.7 Å². The van der Waals surface area contributed by atoms with E-state index in [1.165, 1.54) is 0 Å². The molecule has 0 aromatic carbocycles. The fourth-order valence-electron chi connectivity index (χ4n) is 3.14. The molecular formula is C13H28N4O2S. The maximum atomic E-state index is 12.8. The number of nitrogens with zero attached hydrogens (tertiary/aromatic N) is 3. The van der Waals surface area contributed by atoms with Crippen molar-refractivity contribution in [1.29, 1.82) is 0 Å². The molecule has 20 heavy (non-hydrogen) atoms. The van der Waals surface area contributed by atoms with Gasteiger partial charge in [-0.3, -0.25) is 0 Å². The first kappa shape index (κ1) is 16.2. The predicted octanol–water partition coefficient (Wildman–Crippen LogP) is -0.0721. The minimum Gasteiger partial charge on any atom is -0.330 e. The highest BCUT2D eigenvalue weighted by Gasteiger charge is 2.36. The normalized spacial score (nSPS) is 30.8. The van der Waals surface area contributed by atoms with Gasteiger partial charge in [-0.05, 0) is 52.2 Å². The van der Waals surface area contributed by atoms with E-state index in [4.69, 9.17) is 5.73 Å². The van der Waals surface area contributed by atoms with Crippen LogP contribution in [-0.4, -0.2) is 74.8 Å². The molecule has 2 atom stereocenters. The van der Waals surface area contributed by atoms with Crippen LogP contribution in [-0.2, 0) is 10.2 Å². The van der Waals surface area contributed by atoms with Crippen molar-refractivity contribution in [1.82, 2.24) is 13.5 Å². The molecule has 118 valence electrons. The number of likely N-dealkylation sites (N-methyl/N-ethyl adjacent to an activating group) is 1. The van der Waals surface area contributed by atoms with Gasteiger partial charge in [-0.15, -0.1) is 0 Å². The van der Waals surface area contributed by atoms with E-state index < -0.39 is 10.2 Å². The Hall–Kier alpha value is -0.210. The summed E-state index contributed by atoms with van der Waals surface area (Å²) in [4.78, 5) is 2.13. The Bertz CT molecular complexity index is 413. The van der Waals surface area contributed by atoms with Crippen molar-refractivity contribution < 1.29 is 8.42 Å². The molecule has 0 radical (unpaired) electrons. The summed E-state index contributed by atoms with van der Waals surface area (Å²) in [6.45, 7) is 3.06. The number of piperidine rings is 2. The third-order valence-electron chi connectivity index (χ3n) is 4.56. The Labute approximate surface area is 123 Å². The summed E-state index contributed by atoms with van der Waals surface area (Å²) in [7, 11) is 0.730. The molecule has 7 heteroatoms. The minimum absolute atomic E-state index is 0.313. The maximum absolute atomic E-state index is 12.8. The van der Waals surface area contributed by atoms with Gasteiger partial charge in [0.1, 0.15) is 0 Å². The van der Waals surface area contributed by atoms with Gasteiger partial charge in [-0.1, -0.05) is 0 Å². The van der Waals surface area contributed by atoms with E-state index in [-0.39, 0.29) is 0 Å². The van der Waals surface area contributed by atoms with Crippen LogP contribution in [0.1, 0.15) is 25.7 Å². The van der Waals surface area contributed by atoms with Crippen LogP contribution in [0.4, 0.5) is 0 Å². The summed E-state index contributed by atoms with van der Waals surface area (Å²) in [5.41, 5.74) is 5.71. The predicted molar refractivity (Wildman–Crippen MR) is 80.6 cm³/mol. The highest BCUT2D eigenvalue weighted by molar-refractivity contribution is 7.86. The summed E-state index contributed by atoms with van der Waals surface area (Å²) in [6, 6.07) is 0.327. The molecule has 2 fully saturated rings. The SMILES string of the molecule is CN(C)C1CCCN(S(=O)(=O)N2CCCC(CN)C2)C1. The van der Waals surface area contributed by atoms with Crippen LogP contribution < -0.4 is 5.73 Å². The van der Waals surface area contributed by atoms with Gasteiger partial charge < -0.3 is 10.6 Å². The Balaban J connectivity index is 2.05. The molecule has 0 saturated carbocycles. The summed E-state index contributed by atoms with van der Waals surface area (Å²) in [6.07, 6.45) is 3.98. The van der Waals surface area contributed by atoms with E-state index in [1.54, 1.807) is 8.61 Å². The second kappa shape index (κ2) is 6.70. The van der Waals surface area contributed by atoms with Crippen LogP contribution >= 0.6 is 0 Å². The first-order valence-electron chi connectivity index (χ1n) is 7.57. The van der Waals surface area contributed by atoms with Crippen LogP contribution in [0.3, 0.4) is 0 Å². The lowest BCUT2D eigenvalue weighted by molar-refractivity contribution is 0.176. The van der Waals surface area contributed by atoms with Crippen molar-refractivity contribution >= 4 is 10.2 Å². The van der Waals surface area contributed by atoms with Crippen molar-refractivity contribution in [3.8, 4) is 0 Å². The summed E-state index contributed by atoms with van der Waals surface area (Å²) in [5.74, 6) is 0.313. The number of hydrogen-bond donors (Lipinski definition) is 1. The molecule has 0 aromatic heterocycles. The van der Waals surface area contributed by atoms with Crippen molar-refractivity contribution in [2.75, 3.05) is 46.8 Å². The Kier molecular flexibility index (Phi) is 5.42. The molecular weight excluding hydrogens is 276 g/mol. The zero-order valence-corrected chi connectivity index (χ0v) is 13.5. The van der Waals surface area contributed by atoms with Gasteiger partial charge in [0.05, 0.1) is 0 Å². The molecule has 2 saturated heterocycles. The van der Waals surface area contributed by atoms with Crippen LogP contribution in [0.15, 0.2) is 0 Å². The second-order valence-electron chi connectivity index (χ2n) is 6.23. The molecule has 2 aliphatic heterocycles. The van der Waals surface area contributed by atoms with Crippen LogP contribution in [0.5, 0.6) is 0 Å². The zero-order chi connectivity index (χ0) is 14.8.